The average molecular weight is 260 g/mol. The molecule has 1 N–H and O–H groups in total. The molecule has 9 heteroatoms. The Hall–Kier alpha value is -2.16. The highest BCUT2D eigenvalue weighted by atomic mass is 32.2. The lowest BCUT2D eigenvalue weighted by Gasteiger charge is -2.05. The lowest BCUT2D eigenvalue weighted by atomic mass is 10.3. The van der Waals surface area contributed by atoms with Gasteiger partial charge in [0.2, 0.25) is 0 Å². The van der Waals surface area contributed by atoms with Crippen molar-refractivity contribution in [3.05, 3.63) is 34.4 Å². The summed E-state index contributed by atoms with van der Waals surface area (Å²) in [5.41, 5.74) is -0.621. The molecule has 0 fully saturated rings. The smallest absolute Gasteiger partial charge is 0.420 e. The van der Waals surface area contributed by atoms with Crippen LogP contribution in [-0.2, 0) is 14.8 Å². The van der Waals surface area contributed by atoms with E-state index in [0.29, 0.717) is 0 Å². The maximum absolute atomic E-state index is 11.6. The van der Waals surface area contributed by atoms with E-state index in [1.54, 1.807) is 0 Å². The molecule has 8 nitrogen and oxygen atoms in total. The van der Waals surface area contributed by atoms with Gasteiger partial charge in [0.15, 0.2) is 4.90 Å². The number of rotatable bonds is 3. The number of methoxy groups -OCH3 is 1. The van der Waals surface area contributed by atoms with Crippen molar-refractivity contribution in [2.75, 3.05) is 7.11 Å². The molecule has 0 radical (unpaired) electrons. The highest BCUT2D eigenvalue weighted by Crippen LogP contribution is 2.22. The zero-order valence-electron chi connectivity index (χ0n) is 8.61. The van der Waals surface area contributed by atoms with Crippen LogP contribution < -0.4 is 4.72 Å². The van der Waals surface area contributed by atoms with Gasteiger partial charge in [0, 0.05) is 6.07 Å². The molecule has 0 aliphatic heterocycles. The Balaban J connectivity index is 3.24. The second-order valence-electron chi connectivity index (χ2n) is 2.82. The molecule has 0 saturated carbocycles. The standard InChI is InChI=1S/C8H8N2O6S/c1-16-8(11)9-17(14,15)7-5-3-2-4-6(7)10(12)13/h2-5H,1H3,(H,9,11). The minimum atomic E-state index is -4.31. The number of nitro benzene ring substituents is 1. The van der Waals surface area contributed by atoms with Gasteiger partial charge in [-0.3, -0.25) is 10.1 Å². The zero-order valence-corrected chi connectivity index (χ0v) is 9.43. The number of carbonyl (C=O) groups is 1. The Labute approximate surface area is 96.4 Å². The molecule has 0 saturated heterocycles. The van der Waals surface area contributed by atoms with Crippen molar-refractivity contribution in [3.63, 3.8) is 0 Å². The van der Waals surface area contributed by atoms with Crippen LogP contribution in [0.1, 0.15) is 0 Å². The van der Waals surface area contributed by atoms with E-state index in [9.17, 15) is 23.3 Å². The van der Waals surface area contributed by atoms with Crippen LogP contribution in [0.2, 0.25) is 0 Å². The predicted molar refractivity (Wildman–Crippen MR) is 55.8 cm³/mol. The molecular formula is C8H8N2O6S. The summed E-state index contributed by atoms with van der Waals surface area (Å²) in [5, 5.41) is 10.6. The topological polar surface area (TPSA) is 116 Å². The summed E-state index contributed by atoms with van der Waals surface area (Å²) >= 11 is 0. The molecule has 1 rings (SSSR count). The first-order valence-corrected chi connectivity index (χ1v) is 5.71. The number of benzene rings is 1. The fourth-order valence-electron chi connectivity index (χ4n) is 1.04. The summed E-state index contributed by atoms with van der Waals surface area (Å²) in [6.45, 7) is 0. The van der Waals surface area contributed by atoms with Gasteiger partial charge in [0.05, 0.1) is 12.0 Å². The van der Waals surface area contributed by atoms with Crippen LogP contribution in [0.25, 0.3) is 0 Å². The highest BCUT2D eigenvalue weighted by Gasteiger charge is 2.26. The fraction of sp³-hybridized carbons (Fsp3) is 0.125. The first-order valence-electron chi connectivity index (χ1n) is 4.22. The number of hydrogen-bond donors (Lipinski definition) is 1. The van der Waals surface area contributed by atoms with Crippen molar-refractivity contribution in [2.24, 2.45) is 0 Å². The van der Waals surface area contributed by atoms with Gasteiger partial charge in [-0.25, -0.2) is 17.9 Å². The third kappa shape index (κ3) is 2.91. The SMILES string of the molecule is COC(=O)NS(=O)(=O)c1ccccc1[N+](=O)[O-]. The molecule has 92 valence electrons. The average Bonchev–Trinajstić information content (AvgIpc) is 2.28. The minimum Gasteiger partial charge on any atom is -0.452 e. The lowest BCUT2D eigenvalue weighted by Crippen LogP contribution is -2.30. The number of nitrogens with one attached hydrogen (secondary N) is 1. The number of hydrogen-bond acceptors (Lipinski definition) is 6. The van der Waals surface area contributed by atoms with Gasteiger partial charge < -0.3 is 4.74 Å². The number of nitro groups is 1. The monoisotopic (exact) mass is 260 g/mol. The lowest BCUT2D eigenvalue weighted by molar-refractivity contribution is -0.387. The fourth-order valence-corrected chi connectivity index (χ4v) is 2.13. The molecule has 0 aromatic heterocycles. The zero-order chi connectivity index (χ0) is 13.1. The van der Waals surface area contributed by atoms with Gasteiger partial charge in [0.25, 0.3) is 15.7 Å². The van der Waals surface area contributed by atoms with E-state index in [1.165, 1.54) is 16.9 Å². The summed E-state index contributed by atoms with van der Waals surface area (Å²) in [4.78, 5) is 20.0. The van der Waals surface area contributed by atoms with E-state index in [-0.39, 0.29) is 0 Å². The molecule has 0 aliphatic rings. The van der Waals surface area contributed by atoms with Crippen LogP contribution in [0.5, 0.6) is 0 Å². The normalized spacial score (nSPS) is 10.6. The highest BCUT2D eigenvalue weighted by molar-refractivity contribution is 7.90. The number of para-hydroxylation sites is 1. The van der Waals surface area contributed by atoms with Gasteiger partial charge in [-0.2, -0.15) is 0 Å². The van der Waals surface area contributed by atoms with Crippen molar-refractivity contribution in [1.29, 1.82) is 0 Å². The largest absolute Gasteiger partial charge is 0.452 e. The second-order valence-corrected chi connectivity index (χ2v) is 4.47. The van der Waals surface area contributed by atoms with E-state index in [4.69, 9.17) is 0 Å². The number of carbonyl (C=O) groups excluding carboxylic acids is 1. The summed E-state index contributed by atoms with van der Waals surface area (Å²) in [6.07, 6.45) is -1.22. The van der Waals surface area contributed by atoms with E-state index in [1.807, 2.05) is 0 Å². The summed E-state index contributed by atoms with van der Waals surface area (Å²) in [5.74, 6) is 0. The van der Waals surface area contributed by atoms with E-state index >= 15 is 0 Å². The van der Waals surface area contributed by atoms with Gasteiger partial charge in [-0.05, 0) is 6.07 Å². The van der Waals surface area contributed by atoms with Crippen LogP contribution in [-0.4, -0.2) is 26.5 Å². The first kappa shape index (κ1) is 12.9. The summed E-state index contributed by atoms with van der Waals surface area (Å²) in [6, 6.07) is 4.66. The molecule has 0 heterocycles. The first-order chi connectivity index (χ1) is 7.88. The Kier molecular flexibility index (Phi) is 3.63. The second kappa shape index (κ2) is 4.78. The van der Waals surface area contributed by atoms with E-state index < -0.39 is 31.6 Å². The number of ether oxygens (including phenoxy) is 1. The van der Waals surface area contributed by atoms with Gasteiger partial charge in [0.1, 0.15) is 0 Å². The number of sulfonamides is 1. The van der Waals surface area contributed by atoms with E-state index in [0.717, 1.165) is 19.2 Å². The molecule has 0 spiro atoms. The van der Waals surface area contributed by atoms with Gasteiger partial charge >= 0.3 is 6.09 Å². The quantitative estimate of drug-likeness (QED) is 0.629. The molecule has 1 aromatic carbocycles. The Morgan fingerprint density at radius 1 is 1.41 bits per heavy atom. The molecule has 1 amide bonds. The summed E-state index contributed by atoms with van der Waals surface area (Å²) in [7, 11) is -3.34. The third-order valence-electron chi connectivity index (χ3n) is 1.75. The van der Waals surface area contributed by atoms with Gasteiger partial charge in [-0.1, -0.05) is 12.1 Å². The van der Waals surface area contributed by atoms with Crippen LogP contribution in [0.15, 0.2) is 29.2 Å². The molecule has 0 aliphatic carbocycles. The maximum atomic E-state index is 11.6. The molecular weight excluding hydrogens is 252 g/mol. The molecule has 0 unspecified atom stereocenters. The molecule has 17 heavy (non-hydrogen) atoms. The van der Waals surface area contributed by atoms with Crippen LogP contribution in [0.4, 0.5) is 10.5 Å². The molecule has 0 atom stereocenters. The van der Waals surface area contributed by atoms with Crippen molar-refractivity contribution >= 4 is 21.8 Å². The maximum Gasteiger partial charge on any atom is 0.420 e. The van der Waals surface area contributed by atoms with Crippen molar-refractivity contribution < 1.29 is 22.9 Å². The number of amides is 1. The van der Waals surface area contributed by atoms with Crippen molar-refractivity contribution in [1.82, 2.24) is 4.72 Å². The van der Waals surface area contributed by atoms with Crippen molar-refractivity contribution in [2.45, 2.75) is 4.90 Å². The Bertz CT molecular complexity index is 553. The van der Waals surface area contributed by atoms with Crippen LogP contribution >= 0.6 is 0 Å². The molecule has 0 bridgehead atoms. The van der Waals surface area contributed by atoms with Crippen LogP contribution in [0.3, 0.4) is 0 Å². The van der Waals surface area contributed by atoms with Gasteiger partial charge in [-0.15, -0.1) is 0 Å². The Morgan fingerprint density at radius 2 is 2.00 bits per heavy atom. The molecule has 1 aromatic rings. The van der Waals surface area contributed by atoms with Crippen LogP contribution in [0, 0.1) is 10.1 Å². The third-order valence-corrected chi connectivity index (χ3v) is 3.11. The summed E-state index contributed by atoms with van der Waals surface area (Å²) < 4.78 is 28.9. The van der Waals surface area contributed by atoms with Crippen molar-refractivity contribution in [3.8, 4) is 0 Å². The minimum absolute atomic E-state index is 0.601. The number of nitrogens with zero attached hydrogens (tertiary/aromatic N) is 1. The van der Waals surface area contributed by atoms with E-state index in [2.05, 4.69) is 4.74 Å². The predicted octanol–water partition coefficient (Wildman–Crippen LogP) is 0.639. The Morgan fingerprint density at radius 3 is 2.53 bits per heavy atom.